The van der Waals surface area contributed by atoms with Gasteiger partial charge in [-0.2, -0.15) is 4.99 Å². The van der Waals surface area contributed by atoms with Gasteiger partial charge in [-0.15, -0.1) is 0 Å². The van der Waals surface area contributed by atoms with Crippen molar-refractivity contribution in [3.8, 4) is 5.75 Å². The van der Waals surface area contributed by atoms with Crippen LogP contribution >= 0.6 is 0 Å². The zero-order valence-corrected chi connectivity index (χ0v) is 33.8. The van der Waals surface area contributed by atoms with E-state index in [4.69, 9.17) is 19.5 Å². The van der Waals surface area contributed by atoms with Crippen molar-refractivity contribution in [2.45, 2.75) is 163 Å². The molecule has 2 aliphatic carbocycles. The van der Waals surface area contributed by atoms with Gasteiger partial charge in [-0.05, 0) is 132 Å². The number of rotatable bonds is 18. The van der Waals surface area contributed by atoms with Gasteiger partial charge in [0.2, 0.25) is 5.88 Å². The normalized spacial score (nSPS) is 20.1. The smallest absolute Gasteiger partial charge is 0.223 e. The van der Waals surface area contributed by atoms with E-state index in [1.807, 2.05) is 18.3 Å². The molecule has 0 amide bonds. The Kier molecular flexibility index (Phi) is 14.4. The lowest BCUT2D eigenvalue weighted by Crippen LogP contribution is -2.36. The van der Waals surface area contributed by atoms with Gasteiger partial charge in [-0.3, -0.25) is 4.98 Å². The van der Waals surface area contributed by atoms with Crippen molar-refractivity contribution in [3.05, 3.63) is 76.7 Å². The molecule has 0 spiro atoms. The van der Waals surface area contributed by atoms with Crippen molar-refractivity contribution in [3.63, 3.8) is 0 Å². The highest BCUT2D eigenvalue weighted by atomic mass is 19.1. The van der Waals surface area contributed by atoms with E-state index in [2.05, 4.69) is 72.9 Å². The number of halogens is 1. The summed E-state index contributed by atoms with van der Waals surface area (Å²) in [4.78, 5) is 13.0. The minimum absolute atomic E-state index is 0.0707. The first-order chi connectivity index (χ1) is 25.0. The van der Waals surface area contributed by atoms with Crippen molar-refractivity contribution in [1.29, 1.82) is 0 Å². The molecule has 286 valence electrons. The maximum absolute atomic E-state index is 15.5. The van der Waals surface area contributed by atoms with Crippen molar-refractivity contribution in [2.24, 2.45) is 22.7 Å². The topological polar surface area (TPSA) is 47.0 Å². The average Bonchev–Trinajstić information content (AvgIpc) is 4.03. The Morgan fingerprint density at radius 1 is 1.02 bits per heavy atom. The van der Waals surface area contributed by atoms with E-state index in [0.717, 1.165) is 116 Å². The van der Waals surface area contributed by atoms with Crippen LogP contribution in [0.3, 0.4) is 0 Å². The van der Waals surface area contributed by atoms with Crippen LogP contribution in [0.5, 0.6) is 5.75 Å². The summed E-state index contributed by atoms with van der Waals surface area (Å²) >= 11 is 0. The summed E-state index contributed by atoms with van der Waals surface area (Å²) in [6.07, 6.45) is 18.0. The average molecular weight is 714 g/mol. The summed E-state index contributed by atoms with van der Waals surface area (Å²) in [5.41, 5.74) is 5.82. The van der Waals surface area contributed by atoms with Crippen molar-refractivity contribution in [2.75, 3.05) is 13.1 Å². The van der Waals surface area contributed by atoms with Gasteiger partial charge in [-0.1, -0.05) is 72.6 Å². The molecular formula is C46H68FN3O2. The number of nitrogens with zero attached hydrogens (tertiary/aromatic N) is 3. The van der Waals surface area contributed by atoms with Gasteiger partial charge >= 0.3 is 0 Å². The summed E-state index contributed by atoms with van der Waals surface area (Å²) in [5.74, 6) is 4.96. The molecule has 1 aliphatic heterocycles. The molecule has 0 N–H and O–H groups in total. The fraction of sp³-hybridized carbons (Fsp3) is 0.652. The van der Waals surface area contributed by atoms with Gasteiger partial charge in [0.15, 0.2) is 0 Å². The van der Waals surface area contributed by atoms with Crippen LogP contribution in [0.4, 0.5) is 4.39 Å². The van der Waals surface area contributed by atoms with Crippen LogP contribution in [-0.4, -0.2) is 34.9 Å². The Labute approximate surface area is 315 Å². The van der Waals surface area contributed by atoms with Crippen LogP contribution in [0, 0.1) is 23.6 Å². The SMILES string of the molecule is C=CC(=C(N=C(C(C)CC)N1CCCC(CCC(C)C)CC1)OC(C)C)c1cnc(CCCC)c(OC(C)c2c(C3CC3)ccc(F)c2C2CC2)c1. The standard InChI is InChI=1S/C46H68FN3O2/c1-10-13-16-41-42(52-33(9)43-39(35-19-20-35)23-24-40(47)44(43)36-21-22-36)28-37(29-48-41)38(12-3)46(51-31(6)7)49-45(32(8)11-2)50-26-14-15-34(25-27-50)18-17-30(4)5/h12,23-24,28-36H,3,10-11,13-22,25-27H2,1-2,4-9H3. The van der Waals surface area contributed by atoms with Crippen LogP contribution < -0.4 is 4.74 Å². The summed E-state index contributed by atoms with van der Waals surface area (Å²) in [5, 5.41) is 0. The highest BCUT2D eigenvalue weighted by Gasteiger charge is 2.36. The number of hydrogen-bond donors (Lipinski definition) is 0. The molecule has 6 heteroatoms. The molecule has 1 saturated heterocycles. The van der Waals surface area contributed by atoms with Crippen LogP contribution in [0.1, 0.15) is 178 Å². The zero-order chi connectivity index (χ0) is 37.4. The fourth-order valence-electron chi connectivity index (χ4n) is 7.85. The molecule has 1 aromatic heterocycles. The first kappa shape index (κ1) is 40.0. The van der Waals surface area contributed by atoms with E-state index >= 15 is 4.39 Å². The number of ether oxygens (including phenoxy) is 2. The maximum atomic E-state index is 15.5. The Balaban J connectivity index is 1.53. The second kappa shape index (κ2) is 18.7. The first-order valence-electron chi connectivity index (χ1n) is 20.9. The van der Waals surface area contributed by atoms with Crippen LogP contribution in [0.15, 0.2) is 47.9 Å². The van der Waals surface area contributed by atoms with E-state index < -0.39 is 0 Å². The molecule has 0 bridgehead atoms. The second-order valence-corrected chi connectivity index (χ2v) is 16.7. The molecule has 5 rings (SSSR count). The molecule has 3 fully saturated rings. The number of aromatic nitrogens is 1. The second-order valence-electron chi connectivity index (χ2n) is 16.7. The molecule has 2 saturated carbocycles. The molecule has 3 unspecified atom stereocenters. The van der Waals surface area contributed by atoms with Gasteiger partial charge in [0.1, 0.15) is 23.5 Å². The number of benzene rings is 1. The quantitative estimate of drug-likeness (QED) is 0.0668. The van der Waals surface area contributed by atoms with Crippen molar-refractivity contribution < 1.29 is 13.9 Å². The number of allylic oxidation sites excluding steroid dienone is 2. The van der Waals surface area contributed by atoms with Crippen molar-refractivity contribution >= 4 is 11.4 Å². The lowest BCUT2D eigenvalue weighted by molar-refractivity contribution is 0.147. The van der Waals surface area contributed by atoms with Gasteiger partial charge < -0.3 is 14.4 Å². The number of amidine groups is 1. The van der Waals surface area contributed by atoms with Crippen LogP contribution in [0.25, 0.3) is 5.57 Å². The maximum Gasteiger partial charge on any atom is 0.223 e. The highest BCUT2D eigenvalue weighted by molar-refractivity contribution is 5.87. The highest BCUT2D eigenvalue weighted by Crippen LogP contribution is 2.50. The molecule has 5 nitrogen and oxygen atoms in total. The third kappa shape index (κ3) is 10.5. The number of likely N-dealkylation sites (tertiary alicyclic amines) is 1. The molecule has 0 radical (unpaired) electrons. The van der Waals surface area contributed by atoms with Gasteiger partial charge in [0.05, 0.1) is 11.8 Å². The van der Waals surface area contributed by atoms with E-state index in [0.29, 0.717) is 17.7 Å². The Bertz CT molecular complexity index is 1550. The minimum Gasteiger partial charge on any atom is -0.484 e. The summed E-state index contributed by atoms with van der Waals surface area (Å²) in [7, 11) is 0. The molecule has 1 aromatic carbocycles. The van der Waals surface area contributed by atoms with E-state index in [1.165, 1.54) is 37.7 Å². The molecular weight excluding hydrogens is 646 g/mol. The minimum atomic E-state index is -0.302. The summed E-state index contributed by atoms with van der Waals surface area (Å²) in [6.45, 7) is 23.9. The van der Waals surface area contributed by atoms with Crippen LogP contribution in [0.2, 0.25) is 0 Å². The number of aliphatic imine (C=N–C) groups is 1. The van der Waals surface area contributed by atoms with Gasteiger partial charge in [0.25, 0.3) is 0 Å². The van der Waals surface area contributed by atoms with E-state index in [-0.39, 0.29) is 23.9 Å². The van der Waals surface area contributed by atoms with Crippen molar-refractivity contribution in [1.82, 2.24) is 9.88 Å². The number of unbranched alkanes of at least 4 members (excludes halogenated alkanes) is 1. The summed E-state index contributed by atoms with van der Waals surface area (Å²) in [6, 6.07) is 5.80. The lowest BCUT2D eigenvalue weighted by atomic mass is 9.91. The van der Waals surface area contributed by atoms with E-state index in [1.54, 1.807) is 6.07 Å². The third-order valence-corrected chi connectivity index (χ3v) is 11.4. The van der Waals surface area contributed by atoms with Crippen LogP contribution in [-0.2, 0) is 11.2 Å². The summed E-state index contributed by atoms with van der Waals surface area (Å²) < 4.78 is 29.0. The van der Waals surface area contributed by atoms with Gasteiger partial charge in [0, 0.05) is 41.9 Å². The molecule has 3 aliphatic rings. The first-order valence-corrected chi connectivity index (χ1v) is 20.9. The number of aryl methyl sites for hydroxylation is 1. The van der Waals surface area contributed by atoms with Gasteiger partial charge in [-0.25, -0.2) is 4.39 Å². The number of hydrogen-bond acceptors (Lipinski definition) is 4. The molecule has 2 heterocycles. The zero-order valence-electron chi connectivity index (χ0n) is 33.8. The predicted molar refractivity (Wildman–Crippen MR) is 215 cm³/mol. The largest absolute Gasteiger partial charge is 0.484 e. The lowest BCUT2D eigenvalue weighted by Gasteiger charge is -2.29. The third-order valence-electron chi connectivity index (χ3n) is 11.4. The fourth-order valence-corrected chi connectivity index (χ4v) is 7.85. The Morgan fingerprint density at radius 2 is 1.77 bits per heavy atom. The number of pyridine rings is 1. The monoisotopic (exact) mass is 714 g/mol. The Morgan fingerprint density at radius 3 is 2.40 bits per heavy atom. The van der Waals surface area contributed by atoms with E-state index in [9.17, 15) is 0 Å². The molecule has 2 aromatic rings. The Hall–Kier alpha value is -3.15. The molecule has 3 atom stereocenters. The molecule has 52 heavy (non-hydrogen) atoms. The predicted octanol–water partition coefficient (Wildman–Crippen LogP) is 12.7.